The average Bonchev–Trinajstić information content (AvgIpc) is 3.16. The Labute approximate surface area is 198 Å². The van der Waals surface area contributed by atoms with Gasteiger partial charge < -0.3 is 4.57 Å². The number of hydrogen-bond donors (Lipinski definition) is 1. The zero-order valence-corrected chi connectivity index (χ0v) is 18.8. The Kier molecular flexibility index (Phi) is 7.01. The van der Waals surface area contributed by atoms with Gasteiger partial charge in [-0.3, -0.25) is 14.9 Å². The number of carbonyl (C=O) groups excluding carboxylic acids is 1. The van der Waals surface area contributed by atoms with Gasteiger partial charge >= 0.3 is 0 Å². The number of benzene rings is 3. The van der Waals surface area contributed by atoms with Crippen molar-refractivity contribution in [1.29, 1.82) is 0 Å². The molecule has 0 atom stereocenters. The summed E-state index contributed by atoms with van der Waals surface area (Å²) < 4.78 is 2.06. The normalized spacial score (nSPS) is 11.2. The van der Waals surface area contributed by atoms with E-state index in [-0.39, 0.29) is 17.3 Å². The molecule has 3 aromatic carbocycles. The van der Waals surface area contributed by atoms with Crippen molar-refractivity contribution in [3.63, 3.8) is 0 Å². The summed E-state index contributed by atoms with van der Waals surface area (Å²) in [6, 6.07) is 21.4. The Bertz CT molecular complexity index is 1340. The zero-order valence-electron chi connectivity index (χ0n) is 17.2. The quantitative estimate of drug-likeness (QED) is 0.168. The molecule has 10 heteroatoms. The topological polar surface area (TPSA) is 102 Å². The molecule has 1 N–H and O–H groups in total. The van der Waals surface area contributed by atoms with Gasteiger partial charge in [0.05, 0.1) is 34.5 Å². The van der Waals surface area contributed by atoms with Gasteiger partial charge in [-0.1, -0.05) is 59.8 Å². The van der Waals surface area contributed by atoms with E-state index in [4.69, 9.17) is 11.6 Å². The van der Waals surface area contributed by atoms with E-state index >= 15 is 0 Å². The van der Waals surface area contributed by atoms with Crippen LogP contribution in [0.1, 0.15) is 11.1 Å². The van der Waals surface area contributed by atoms with Crippen molar-refractivity contribution in [2.45, 2.75) is 11.7 Å². The Morgan fingerprint density at radius 3 is 2.73 bits per heavy atom. The second-order valence-corrected chi connectivity index (χ2v) is 8.41. The molecule has 0 saturated carbocycles. The van der Waals surface area contributed by atoms with Gasteiger partial charge in [-0.25, -0.2) is 10.4 Å². The minimum Gasteiger partial charge on any atom is -0.314 e. The molecule has 4 aromatic rings. The summed E-state index contributed by atoms with van der Waals surface area (Å²) in [5.74, 6) is -0.206. The first-order chi connectivity index (χ1) is 16.0. The maximum atomic E-state index is 12.3. The fourth-order valence-corrected chi connectivity index (χ4v) is 4.08. The first-order valence-corrected chi connectivity index (χ1v) is 11.2. The van der Waals surface area contributed by atoms with Crippen molar-refractivity contribution in [2.24, 2.45) is 5.10 Å². The molecule has 0 radical (unpaired) electrons. The van der Waals surface area contributed by atoms with Gasteiger partial charge in [0, 0.05) is 22.7 Å². The number of nitrogens with zero attached hydrogens (tertiary/aromatic N) is 4. The largest absolute Gasteiger partial charge is 0.314 e. The maximum absolute atomic E-state index is 12.3. The van der Waals surface area contributed by atoms with Crippen LogP contribution in [0.15, 0.2) is 83.1 Å². The Hall–Kier alpha value is -3.69. The number of hydrogen-bond acceptors (Lipinski definition) is 6. The first-order valence-electron chi connectivity index (χ1n) is 9.88. The Morgan fingerprint density at radius 1 is 1.15 bits per heavy atom. The molecule has 0 saturated heterocycles. The number of imidazole rings is 1. The van der Waals surface area contributed by atoms with E-state index in [1.165, 1.54) is 30.1 Å². The number of carbonyl (C=O) groups is 1. The lowest BCUT2D eigenvalue weighted by Gasteiger charge is -2.09. The molecular formula is C23H18ClN5O3S. The predicted molar refractivity (Wildman–Crippen MR) is 130 cm³/mol. The minimum absolute atomic E-state index is 0.0413. The fraction of sp³-hybridized carbons (Fsp3) is 0.0870. The number of amides is 1. The molecular weight excluding hydrogens is 462 g/mol. The third kappa shape index (κ3) is 5.76. The van der Waals surface area contributed by atoms with Crippen molar-refractivity contribution in [2.75, 3.05) is 5.75 Å². The molecule has 0 aliphatic rings. The zero-order chi connectivity index (χ0) is 23.2. The molecule has 0 fully saturated rings. The summed E-state index contributed by atoms with van der Waals surface area (Å²) in [7, 11) is 0. The molecule has 1 aromatic heterocycles. The first kappa shape index (κ1) is 22.5. The number of nitro benzene ring substituents is 1. The van der Waals surface area contributed by atoms with Gasteiger partial charge in [-0.15, -0.1) is 0 Å². The number of nitro groups is 1. The lowest BCUT2D eigenvalue weighted by atomic mass is 10.2. The third-order valence-corrected chi connectivity index (χ3v) is 5.92. The number of para-hydroxylation sites is 2. The van der Waals surface area contributed by atoms with E-state index in [0.717, 1.165) is 16.6 Å². The van der Waals surface area contributed by atoms with Crippen LogP contribution in [0.25, 0.3) is 11.0 Å². The van der Waals surface area contributed by atoms with E-state index in [2.05, 4.69) is 20.1 Å². The summed E-state index contributed by atoms with van der Waals surface area (Å²) in [5.41, 5.74) is 5.80. The Morgan fingerprint density at radius 2 is 1.94 bits per heavy atom. The van der Waals surface area contributed by atoms with Crippen molar-refractivity contribution in [3.8, 4) is 0 Å². The highest BCUT2D eigenvalue weighted by Crippen LogP contribution is 2.25. The lowest BCUT2D eigenvalue weighted by molar-refractivity contribution is -0.384. The number of halogens is 1. The van der Waals surface area contributed by atoms with Crippen LogP contribution < -0.4 is 5.43 Å². The monoisotopic (exact) mass is 479 g/mol. The molecule has 166 valence electrons. The van der Waals surface area contributed by atoms with Crippen LogP contribution in [0.3, 0.4) is 0 Å². The van der Waals surface area contributed by atoms with Gasteiger partial charge in [-0.05, 0) is 29.8 Å². The maximum Gasteiger partial charge on any atom is 0.270 e. The summed E-state index contributed by atoms with van der Waals surface area (Å²) in [5, 5.41) is 16.1. The van der Waals surface area contributed by atoms with E-state index in [0.29, 0.717) is 22.3 Å². The summed E-state index contributed by atoms with van der Waals surface area (Å²) >= 11 is 7.30. The molecule has 0 aliphatic carbocycles. The fourth-order valence-electron chi connectivity index (χ4n) is 3.15. The smallest absolute Gasteiger partial charge is 0.270 e. The van der Waals surface area contributed by atoms with E-state index in [9.17, 15) is 14.9 Å². The second kappa shape index (κ2) is 10.3. The van der Waals surface area contributed by atoms with Crippen molar-refractivity contribution < 1.29 is 9.72 Å². The van der Waals surface area contributed by atoms with Crippen LogP contribution in [0, 0.1) is 10.1 Å². The van der Waals surface area contributed by atoms with Crippen LogP contribution in [-0.2, 0) is 11.3 Å². The highest BCUT2D eigenvalue weighted by Gasteiger charge is 2.13. The molecule has 0 aliphatic heterocycles. The number of aromatic nitrogens is 2. The summed E-state index contributed by atoms with van der Waals surface area (Å²) in [4.78, 5) is 27.3. The van der Waals surface area contributed by atoms with Crippen LogP contribution in [0.4, 0.5) is 5.69 Å². The number of nitrogens with one attached hydrogen (secondary N) is 1. The molecule has 0 spiro atoms. The number of fused-ring (bicyclic) bond motifs is 1. The van der Waals surface area contributed by atoms with Crippen LogP contribution in [0.5, 0.6) is 0 Å². The standard InChI is InChI=1S/C23H18ClN5O3S/c24-18-10-8-16(9-11-18)14-28-21-7-2-1-6-20(21)26-23(28)33-15-22(30)27-25-13-17-4-3-5-19(12-17)29(31)32/h1-13H,14-15H2,(H,27,30)/b25-13-. The van der Waals surface area contributed by atoms with Gasteiger partial charge in [0.1, 0.15) is 0 Å². The number of hydrazone groups is 1. The van der Waals surface area contributed by atoms with E-state index in [1.54, 1.807) is 12.1 Å². The van der Waals surface area contributed by atoms with Crippen LogP contribution in [0.2, 0.25) is 5.02 Å². The Balaban J connectivity index is 1.43. The van der Waals surface area contributed by atoms with E-state index < -0.39 is 4.92 Å². The third-order valence-electron chi connectivity index (χ3n) is 4.69. The molecule has 1 heterocycles. The molecule has 8 nitrogen and oxygen atoms in total. The highest BCUT2D eigenvalue weighted by atomic mass is 35.5. The predicted octanol–water partition coefficient (Wildman–Crippen LogP) is 4.89. The van der Waals surface area contributed by atoms with Crippen molar-refractivity contribution in [3.05, 3.63) is 99.1 Å². The molecule has 1 amide bonds. The minimum atomic E-state index is -0.483. The van der Waals surface area contributed by atoms with Crippen molar-refractivity contribution >= 4 is 52.2 Å². The second-order valence-electron chi connectivity index (χ2n) is 7.03. The molecule has 0 unspecified atom stereocenters. The van der Waals surface area contributed by atoms with Crippen molar-refractivity contribution in [1.82, 2.24) is 15.0 Å². The summed E-state index contributed by atoms with van der Waals surface area (Å²) in [6.45, 7) is 0.590. The van der Waals surface area contributed by atoms with Gasteiger partial charge in [0.15, 0.2) is 5.16 Å². The van der Waals surface area contributed by atoms with Crippen LogP contribution in [-0.4, -0.2) is 32.3 Å². The number of thioether (sulfide) groups is 1. The lowest BCUT2D eigenvalue weighted by Crippen LogP contribution is -2.20. The molecule has 0 bridgehead atoms. The highest BCUT2D eigenvalue weighted by molar-refractivity contribution is 7.99. The number of non-ortho nitro benzene ring substituents is 1. The van der Waals surface area contributed by atoms with Gasteiger partial charge in [0.25, 0.3) is 11.6 Å². The summed E-state index contributed by atoms with van der Waals surface area (Å²) in [6.07, 6.45) is 1.37. The SMILES string of the molecule is O=C(CSc1nc2ccccc2n1Cc1ccc(Cl)cc1)N/N=C\c1cccc([N+](=O)[O-])c1. The van der Waals surface area contributed by atoms with E-state index in [1.807, 2.05) is 48.5 Å². The van der Waals surface area contributed by atoms with Gasteiger partial charge in [-0.2, -0.15) is 5.10 Å². The average molecular weight is 480 g/mol. The number of rotatable bonds is 8. The van der Waals surface area contributed by atoms with Crippen LogP contribution >= 0.6 is 23.4 Å². The molecule has 4 rings (SSSR count). The van der Waals surface area contributed by atoms with Gasteiger partial charge in [0.2, 0.25) is 0 Å². The molecule has 33 heavy (non-hydrogen) atoms.